The Balaban J connectivity index is 2.39. The number of aliphatic carboxylic acids is 1. The molecule has 0 aliphatic rings. The van der Waals surface area contributed by atoms with Gasteiger partial charge in [0.2, 0.25) is 0 Å². The number of anilines is 1. The van der Waals surface area contributed by atoms with Crippen LogP contribution < -0.4 is 11.1 Å². The van der Waals surface area contributed by atoms with E-state index in [-0.39, 0.29) is 12.6 Å². The van der Waals surface area contributed by atoms with Crippen molar-refractivity contribution in [3.63, 3.8) is 0 Å². The van der Waals surface area contributed by atoms with E-state index < -0.39 is 18.1 Å². The van der Waals surface area contributed by atoms with Gasteiger partial charge in [0.05, 0.1) is 0 Å². The number of ether oxygens (including phenoxy) is 1. The van der Waals surface area contributed by atoms with E-state index in [4.69, 9.17) is 15.6 Å². The SMILES string of the molecule is CCc1cccc(C)c1N[C@@H](C)C(=O)OCCSCC(N)C(=O)O. The molecule has 0 aromatic heterocycles. The van der Waals surface area contributed by atoms with Gasteiger partial charge in [-0.05, 0) is 31.4 Å². The Morgan fingerprint density at radius 2 is 2.12 bits per heavy atom. The number of nitrogens with one attached hydrogen (secondary N) is 1. The van der Waals surface area contributed by atoms with Crippen molar-refractivity contribution in [2.45, 2.75) is 39.3 Å². The van der Waals surface area contributed by atoms with Gasteiger partial charge in [0.1, 0.15) is 18.7 Å². The van der Waals surface area contributed by atoms with Crippen LogP contribution in [-0.2, 0) is 20.7 Å². The maximum atomic E-state index is 12.1. The first kappa shape index (κ1) is 20.3. The van der Waals surface area contributed by atoms with E-state index >= 15 is 0 Å². The van der Waals surface area contributed by atoms with Gasteiger partial charge in [0, 0.05) is 17.2 Å². The van der Waals surface area contributed by atoms with Crippen LogP contribution >= 0.6 is 11.8 Å². The molecule has 24 heavy (non-hydrogen) atoms. The van der Waals surface area contributed by atoms with Gasteiger partial charge in [-0.1, -0.05) is 25.1 Å². The Hall–Kier alpha value is -1.73. The molecule has 0 amide bonds. The number of carbonyl (C=O) groups excluding carboxylic acids is 1. The van der Waals surface area contributed by atoms with Crippen LogP contribution in [0.15, 0.2) is 18.2 Å². The number of carboxylic acid groups (broad SMARTS) is 1. The summed E-state index contributed by atoms with van der Waals surface area (Å²) >= 11 is 1.35. The van der Waals surface area contributed by atoms with Gasteiger partial charge in [-0.3, -0.25) is 4.79 Å². The molecule has 1 aromatic carbocycles. The zero-order valence-electron chi connectivity index (χ0n) is 14.4. The van der Waals surface area contributed by atoms with Crippen molar-refractivity contribution < 1.29 is 19.4 Å². The first-order valence-electron chi connectivity index (χ1n) is 7.94. The average Bonchev–Trinajstić information content (AvgIpc) is 2.55. The molecule has 0 spiro atoms. The lowest BCUT2D eigenvalue weighted by atomic mass is 10.1. The molecule has 0 saturated heterocycles. The van der Waals surface area contributed by atoms with E-state index in [1.165, 1.54) is 11.8 Å². The molecule has 7 heteroatoms. The number of hydrogen-bond donors (Lipinski definition) is 3. The van der Waals surface area contributed by atoms with E-state index in [0.717, 1.165) is 23.2 Å². The molecular formula is C17H26N2O4S. The van der Waals surface area contributed by atoms with E-state index in [0.29, 0.717) is 11.5 Å². The third kappa shape index (κ3) is 6.41. The average molecular weight is 354 g/mol. The summed E-state index contributed by atoms with van der Waals surface area (Å²) in [5.41, 5.74) is 8.62. The number of esters is 1. The Kier molecular flexibility index (Phi) is 8.63. The lowest BCUT2D eigenvalue weighted by Crippen LogP contribution is -2.33. The smallest absolute Gasteiger partial charge is 0.328 e. The number of benzene rings is 1. The van der Waals surface area contributed by atoms with Gasteiger partial charge in [-0.25, -0.2) is 4.79 Å². The van der Waals surface area contributed by atoms with Crippen LogP contribution in [0.1, 0.15) is 25.0 Å². The number of aryl methyl sites for hydroxylation is 2. The summed E-state index contributed by atoms with van der Waals surface area (Å²) in [5.74, 6) is -0.543. The molecule has 0 aliphatic carbocycles. The molecular weight excluding hydrogens is 328 g/mol. The maximum absolute atomic E-state index is 12.1. The minimum Gasteiger partial charge on any atom is -0.480 e. The lowest BCUT2D eigenvalue weighted by molar-refractivity contribution is -0.143. The number of nitrogens with two attached hydrogens (primary N) is 1. The maximum Gasteiger partial charge on any atom is 0.328 e. The summed E-state index contributed by atoms with van der Waals surface area (Å²) in [4.78, 5) is 22.6. The molecule has 0 saturated carbocycles. The topological polar surface area (TPSA) is 102 Å². The fourth-order valence-electron chi connectivity index (χ4n) is 2.11. The van der Waals surface area contributed by atoms with Crippen LogP contribution in [-0.4, -0.2) is 47.2 Å². The summed E-state index contributed by atoms with van der Waals surface area (Å²) in [6.45, 7) is 6.07. The van der Waals surface area contributed by atoms with Crippen LogP contribution in [0.3, 0.4) is 0 Å². The van der Waals surface area contributed by atoms with Crippen LogP contribution in [0, 0.1) is 6.92 Å². The third-order valence-electron chi connectivity index (χ3n) is 3.54. The molecule has 0 heterocycles. The molecule has 134 valence electrons. The van der Waals surface area contributed by atoms with Crippen molar-refractivity contribution >= 4 is 29.4 Å². The Labute approximate surface area is 147 Å². The van der Waals surface area contributed by atoms with Crippen molar-refractivity contribution in [3.8, 4) is 0 Å². The molecule has 1 unspecified atom stereocenters. The largest absolute Gasteiger partial charge is 0.480 e. The fraction of sp³-hybridized carbons (Fsp3) is 0.529. The third-order valence-corrected chi connectivity index (χ3v) is 4.59. The van der Waals surface area contributed by atoms with Crippen molar-refractivity contribution in [3.05, 3.63) is 29.3 Å². The number of carbonyl (C=O) groups is 2. The van der Waals surface area contributed by atoms with Gasteiger partial charge >= 0.3 is 11.9 Å². The number of hydrogen-bond acceptors (Lipinski definition) is 6. The molecule has 0 fully saturated rings. The van der Waals surface area contributed by atoms with Crippen LogP contribution in [0.4, 0.5) is 5.69 Å². The van der Waals surface area contributed by atoms with Gasteiger partial charge in [0.25, 0.3) is 0 Å². The Morgan fingerprint density at radius 3 is 2.75 bits per heavy atom. The van der Waals surface area contributed by atoms with E-state index in [1.807, 2.05) is 25.1 Å². The predicted octanol–water partition coefficient (Wildman–Crippen LogP) is 2.05. The first-order valence-corrected chi connectivity index (χ1v) is 9.10. The Morgan fingerprint density at radius 1 is 1.42 bits per heavy atom. The van der Waals surface area contributed by atoms with E-state index in [1.54, 1.807) is 6.92 Å². The number of thioether (sulfide) groups is 1. The molecule has 0 radical (unpaired) electrons. The highest BCUT2D eigenvalue weighted by atomic mass is 32.2. The van der Waals surface area contributed by atoms with Crippen LogP contribution in [0.25, 0.3) is 0 Å². The normalized spacial score (nSPS) is 13.2. The summed E-state index contributed by atoms with van der Waals surface area (Å²) in [7, 11) is 0. The van der Waals surface area contributed by atoms with Gasteiger partial charge in [-0.2, -0.15) is 11.8 Å². The van der Waals surface area contributed by atoms with Gasteiger partial charge in [0.15, 0.2) is 0 Å². The summed E-state index contributed by atoms with van der Waals surface area (Å²) < 4.78 is 5.22. The number of para-hydroxylation sites is 1. The molecule has 1 rings (SSSR count). The number of rotatable bonds is 10. The van der Waals surface area contributed by atoms with E-state index in [2.05, 4.69) is 12.2 Å². The summed E-state index contributed by atoms with van der Waals surface area (Å²) in [6.07, 6.45) is 0.881. The highest BCUT2D eigenvalue weighted by molar-refractivity contribution is 7.99. The summed E-state index contributed by atoms with van der Waals surface area (Å²) in [6, 6.07) is 4.70. The Bertz CT molecular complexity index is 566. The molecule has 0 aliphatic heterocycles. The van der Waals surface area contributed by atoms with Crippen molar-refractivity contribution in [1.29, 1.82) is 0 Å². The lowest BCUT2D eigenvalue weighted by Gasteiger charge is -2.19. The zero-order chi connectivity index (χ0) is 18.1. The second-order valence-corrected chi connectivity index (χ2v) is 6.67. The van der Waals surface area contributed by atoms with E-state index in [9.17, 15) is 9.59 Å². The quantitative estimate of drug-likeness (QED) is 0.436. The van der Waals surface area contributed by atoms with Crippen LogP contribution in [0.5, 0.6) is 0 Å². The standard InChI is InChI=1S/C17H26N2O4S/c1-4-13-7-5-6-11(2)15(13)19-12(3)17(22)23-8-9-24-10-14(18)16(20)21/h5-7,12,14,19H,4,8-10,18H2,1-3H3,(H,20,21)/t12-,14?/m0/s1. The highest BCUT2D eigenvalue weighted by Crippen LogP contribution is 2.22. The van der Waals surface area contributed by atoms with Gasteiger partial charge < -0.3 is 20.9 Å². The monoisotopic (exact) mass is 354 g/mol. The molecule has 2 atom stereocenters. The van der Waals surface area contributed by atoms with Crippen molar-refractivity contribution in [1.82, 2.24) is 0 Å². The minimum atomic E-state index is -1.03. The highest BCUT2D eigenvalue weighted by Gasteiger charge is 2.17. The molecule has 0 bridgehead atoms. The predicted molar refractivity (Wildman–Crippen MR) is 97.5 cm³/mol. The molecule has 4 N–H and O–H groups in total. The first-order chi connectivity index (χ1) is 11.4. The second kappa shape index (κ2) is 10.2. The number of carboxylic acids is 1. The summed E-state index contributed by atoms with van der Waals surface area (Å²) in [5, 5.41) is 11.9. The van der Waals surface area contributed by atoms with Crippen LogP contribution in [0.2, 0.25) is 0 Å². The second-order valence-electron chi connectivity index (χ2n) is 5.52. The minimum absolute atomic E-state index is 0.232. The molecule has 1 aromatic rings. The fourth-order valence-corrected chi connectivity index (χ4v) is 2.88. The van der Waals surface area contributed by atoms with Crippen molar-refractivity contribution in [2.75, 3.05) is 23.4 Å². The van der Waals surface area contributed by atoms with Gasteiger partial charge in [-0.15, -0.1) is 0 Å². The zero-order valence-corrected chi connectivity index (χ0v) is 15.2. The molecule has 6 nitrogen and oxygen atoms in total. The van der Waals surface area contributed by atoms with Crippen molar-refractivity contribution in [2.24, 2.45) is 5.73 Å².